The van der Waals surface area contributed by atoms with Gasteiger partial charge in [-0.3, -0.25) is 4.57 Å². The van der Waals surface area contributed by atoms with E-state index in [9.17, 15) is 0 Å². The highest BCUT2D eigenvalue weighted by molar-refractivity contribution is 6.26. The van der Waals surface area contributed by atoms with Crippen LogP contribution in [0.4, 0.5) is 0 Å². The Balaban J connectivity index is 1.24. The average Bonchev–Trinajstić information content (AvgIpc) is 3.65. The number of hydrogen-bond acceptors (Lipinski definition) is 1. The molecule has 0 saturated heterocycles. The molecule has 0 fully saturated rings. The Hall–Kier alpha value is -6.45. The topological polar surface area (TPSA) is 22.8 Å². The molecule has 0 aliphatic rings. The van der Waals surface area contributed by atoms with Crippen LogP contribution in [0.3, 0.4) is 0 Å². The molecule has 0 unspecified atom stereocenters. The molecule has 0 aliphatic carbocycles. The van der Waals surface area contributed by atoms with E-state index in [0.717, 1.165) is 27.9 Å². The first kappa shape index (κ1) is 25.7. The van der Waals surface area contributed by atoms with E-state index in [1.807, 2.05) is 6.20 Å². The summed E-state index contributed by atoms with van der Waals surface area (Å²) in [6.45, 7) is 0. The van der Waals surface area contributed by atoms with Crippen molar-refractivity contribution in [3.05, 3.63) is 164 Å². The number of hydrogen-bond donors (Lipinski definition) is 0. The van der Waals surface area contributed by atoms with E-state index in [0.29, 0.717) is 0 Å². The van der Waals surface area contributed by atoms with E-state index in [2.05, 4.69) is 167 Å². The first-order chi connectivity index (χ1) is 23.8. The van der Waals surface area contributed by atoms with Crippen molar-refractivity contribution in [3.8, 4) is 11.4 Å². The first-order valence-corrected chi connectivity index (χ1v) is 16.5. The van der Waals surface area contributed by atoms with Crippen molar-refractivity contribution in [1.82, 2.24) is 14.1 Å². The Morgan fingerprint density at radius 3 is 1.56 bits per heavy atom. The normalized spacial score (nSPS) is 12.2. The van der Waals surface area contributed by atoms with E-state index in [4.69, 9.17) is 4.98 Å². The minimum absolute atomic E-state index is 0.960. The van der Waals surface area contributed by atoms with Crippen LogP contribution in [0.15, 0.2) is 164 Å². The summed E-state index contributed by atoms with van der Waals surface area (Å²) >= 11 is 0. The Morgan fingerprint density at radius 2 is 0.896 bits per heavy atom. The molecule has 0 amide bonds. The van der Waals surface area contributed by atoms with Crippen LogP contribution < -0.4 is 0 Å². The third kappa shape index (κ3) is 3.56. The quantitative estimate of drug-likeness (QED) is 0.179. The van der Waals surface area contributed by atoms with Gasteiger partial charge in [-0.2, -0.15) is 0 Å². The zero-order chi connectivity index (χ0) is 31.3. The summed E-state index contributed by atoms with van der Waals surface area (Å²) in [6, 6.07) is 57.7. The van der Waals surface area contributed by atoms with E-state index in [1.54, 1.807) is 0 Å². The standard InChI is InChI=1S/C45H27N3/c1-3-10-30-24-34-26-36(17-15-32(34)22-28(30)8-1)47-41-14-6-5-12-38(41)39-19-20-42-43(44(39)47)40-13-7-21-46-45(40)48(42)37-18-16-33-23-29-9-2-4-11-31(29)25-35(33)27-37/h1-27H. The van der Waals surface area contributed by atoms with Crippen LogP contribution in [0.2, 0.25) is 0 Å². The van der Waals surface area contributed by atoms with Crippen LogP contribution >= 0.6 is 0 Å². The summed E-state index contributed by atoms with van der Waals surface area (Å²) in [6.07, 6.45) is 1.91. The number of rotatable bonds is 2. The lowest BCUT2D eigenvalue weighted by Gasteiger charge is -2.12. The maximum atomic E-state index is 5.01. The number of aromatic nitrogens is 3. The molecule has 0 saturated carbocycles. The Bertz CT molecular complexity index is 3120. The molecule has 222 valence electrons. The third-order valence-electron chi connectivity index (χ3n) is 10.2. The minimum Gasteiger partial charge on any atom is -0.309 e. The maximum Gasteiger partial charge on any atom is 0.145 e. The average molecular weight is 610 g/mol. The highest BCUT2D eigenvalue weighted by Crippen LogP contribution is 2.42. The fourth-order valence-electron chi connectivity index (χ4n) is 8.05. The summed E-state index contributed by atoms with van der Waals surface area (Å²) < 4.78 is 4.80. The molecule has 3 nitrogen and oxygen atoms in total. The number of pyridine rings is 1. The van der Waals surface area contributed by atoms with Crippen molar-refractivity contribution in [2.75, 3.05) is 0 Å². The van der Waals surface area contributed by atoms with Gasteiger partial charge in [0, 0.05) is 39.1 Å². The monoisotopic (exact) mass is 609 g/mol. The van der Waals surface area contributed by atoms with E-state index in [-0.39, 0.29) is 0 Å². The fourth-order valence-corrected chi connectivity index (χ4v) is 8.05. The van der Waals surface area contributed by atoms with Crippen LogP contribution in [-0.4, -0.2) is 14.1 Å². The zero-order valence-corrected chi connectivity index (χ0v) is 25.9. The minimum atomic E-state index is 0.960. The van der Waals surface area contributed by atoms with Gasteiger partial charge in [0.05, 0.1) is 16.6 Å². The largest absolute Gasteiger partial charge is 0.309 e. The molecule has 3 aromatic heterocycles. The van der Waals surface area contributed by atoms with Gasteiger partial charge in [0.25, 0.3) is 0 Å². The van der Waals surface area contributed by atoms with Gasteiger partial charge in [0.2, 0.25) is 0 Å². The second-order valence-electron chi connectivity index (χ2n) is 12.9. The maximum absolute atomic E-state index is 5.01. The van der Waals surface area contributed by atoms with E-state index < -0.39 is 0 Å². The predicted octanol–water partition coefficient (Wildman–Crippen LogP) is 11.9. The predicted molar refractivity (Wildman–Crippen MR) is 203 cm³/mol. The van der Waals surface area contributed by atoms with Crippen molar-refractivity contribution in [1.29, 1.82) is 0 Å². The summed E-state index contributed by atoms with van der Waals surface area (Å²) in [5, 5.41) is 14.8. The summed E-state index contributed by atoms with van der Waals surface area (Å²) in [5.74, 6) is 0. The SMILES string of the molecule is c1ccc2cc3cc(-n4c5ccc6c7ccccc7n(-c7ccc8cc9ccccc9cc8c7)c6c5c5cccnc54)ccc3cc2c1. The molecule has 11 aromatic rings. The van der Waals surface area contributed by atoms with Gasteiger partial charge in [-0.25, -0.2) is 4.98 Å². The Kier molecular flexibility index (Phi) is 5.11. The number of para-hydroxylation sites is 1. The van der Waals surface area contributed by atoms with Gasteiger partial charge in [0.15, 0.2) is 0 Å². The van der Waals surface area contributed by atoms with Gasteiger partial charge in [-0.05, 0) is 116 Å². The first-order valence-electron chi connectivity index (χ1n) is 16.5. The summed E-state index contributed by atoms with van der Waals surface area (Å²) in [4.78, 5) is 5.01. The molecule has 0 bridgehead atoms. The Morgan fingerprint density at radius 1 is 0.354 bits per heavy atom. The van der Waals surface area contributed by atoms with Crippen molar-refractivity contribution >= 4 is 86.8 Å². The molecule has 11 rings (SSSR count). The van der Waals surface area contributed by atoms with Gasteiger partial charge in [0.1, 0.15) is 5.65 Å². The van der Waals surface area contributed by atoms with Crippen molar-refractivity contribution < 1.29 is 0 Å². The molecule has 8 aromatic carbocycles. The summed E-state index contributed by atoms with van der Waals surface area (Å²) in [5.41, 5.74) is 6.77. The molecular formula is C45H27N3. The van der Waals surface area contributed by atoms with Gasteiger partial charge in [-0.15, -0.1) is 0 Å². The van der Waals surface area contributed by atoms with Crippen LogP contribution in [-0.2, 0) is 0 Å². The van der Waals surface area contributed by atoms with Gasteiger partial charge >= 0.3 is 0 Å². The van der Waals surface area contributed by atoms with Gasteiger partial charge in [-0.1, -0.05) is 84.9 Å². The number of nitrogens with zero attached hydrogens (tertiary/aromatic N) is 3. The molecule has 48 heavy (non-hydrogen) atoms. The second-order valence-corrected chi connectivity index (χ2v) is 12.9. The zero-order valence-electron chi connectivity index (χ0n) is 25.9. The number of benzene rings is 8. The third-order valence-corrected chi connectivity index (χ3v) is 10.2. The van der Waals surface area contributed by atoms with Crippen molar-refractivity contribution in [2.45, 2.75) is 0 Å². The molecular weight excluding hydrogens is 583 g/mol. The van der Waals surface area contributed by atoms with E-state index in [1.165, 1.54) is 70.3 Å². The van der Waals surface area contributed by atoms with Crippen molar-refractivity contribution in [2.24, 2.45) is 0 Å². The van der Waals surface area contributed by atoms with Crippen LogP contribution in [0.25, 0.3) is 98.2 Å². The second kappa shape index (κ2) is 9.54. The molecule has 0 spiro atoms. The molecule has 0 N–H and O–H groups in total. The lowest BCUT2D eigenvalue weighted by molar-refractivity contribution is 1.14. The summed E-state index contributed by atoms with van der Waals surface area (Å²) in [7, 11) is 0. The Labute approximate surface area is 275 Å². The molecule has 3 heterocycles. The molecule has 3 heteroatoms. The van der Waals surface area contributed by atoms with Crippen LogP contribution in [0.1, 0.15) is 0 Å². The lowest BCUT2D eigenvalue weighted by atomic mass is 10.0. The highest BCUT2D eigenvalue weighted by atomic mass is 15.1. The van der Waals surface area contributed by atoms with Crippen LogP contribution in [0, 0.1) is 0 Å². The van der Waals surface area contributed by atoms with Crippen LogP contribution in [0.5, 0.6) is 0 Å². The molecule has 0 radical (unpaired) electrons. The fraction of sp³-hybridized carbons (Fsp3) is 0. The van der Waals surface area contributed by atoms with Gasteiger partial charge < -0.3 is 4.57 Å². The van der Waals surface area contributed by atoms with Crippen molar-refractivity contribution in [3.63, 3.8) is 0 Å². The molecule has 0 aliphatic heterocycles. The highest BCUT2D eigenvalue weighted by Gasteiger charge is 2.21. The molecule has 0 atom stereocenters. The lowest BCUT2D eigenvalue weighted by Crippen LogP contribution is -1.96. The van der Waals surface area contributed by atoms with E-state index >= 15 is 0 Å². The smallest absolute Gasteiger partial charge is 0.145 e. The number of fused-ring (bicyclic) bond motifs is 11.